The predicted molar refractivity (Wildman–Crippen MR) is 156 cm³/mol. The predicted octanol–water partition coefficient (Wildman–Crippen LogP) is 4.59. The van der Waals surface area contributed by atoms with Gasteiger partial charge in [-0.25, -0.2) is 0 Å². The summed E-state index contributed by atoms with van der Waals surface area (Å²) < 4.78 is 22.5. The molecule has 0 saturated carbocycles. The Hall–Kier alpha value is -3.10. The van der Waals surface area contributed by atoms with Gasteiger partial charge >= 0.3 is 0 Å². The van der Waals surface area contributed by atoms with Gasteiger partial charge in [-0.3, -0.25) is 4.90 Å². The lowest BCUT2D eigenvalue weighted by molar-refractivity contribution is 0.0180. The molecule has 0 aliphatic carbocycles. The molecule has 3 aromatic rings. The molecule has 0 atom stereocenters. The standard InChI is InChI=1S/C32H41N3O4/c1-36-32-7-3-5-29(23-32)25-35(24-28-4-2-6-31(22-28)34-15-20-38-21-16-34)30-10-8-27(9-11-30)26-39-19-14-33-12-17-37-18-13-33/h2-11,22-23H,12-21,24-26H2,1H3. The second kappa shape index (κ2) is 14.3. The highest BCUT2D eigenvalue weighted by atomic mass is 16.5. The van der Waals surface area contributed by atoms with E-state index in [4.69, 9.17) is 18.9 Å². The van der Waals surface area contributed by atoms with Crippen molar-refractivity contribution in [3.05, 3.63) is 89.5 Å². The molecule has 0 amide bonds. The van der Waals surface area contributed by atoms with E-state index in [0.29, 0.717) is 6.61 Å². The molecule has 0 N–H and O–H groups in total. The first-order valence-electron chi connectivity index (χ1n) is 14.0. The third-order valence-electron chi connectivity index (χ3n) is 7.39. The maximum absolute atomic E-state index is 5.99. The number of hydrogen-bond acceptors (Lipinski definition) is 7. The smallest absolute Gasteiger partial charge is 0.119 e. The summed E-state index contributed by atoms with van der Waals surface area (Å²) in [4.78, 5) is 7.24. The van der Waals surface area contributed by atoms with Gasteiger partial charge in [-0.2, -0.15) is 0 Å². The fourth-order valence-electron chi connectivity index (χ4n) is 5.13. The van der Waals surface area contributed by atoms with Crippen LogP contribution in [0.2, 0.25) is 0 Å². The first-order valence-corrected chi connectivity index (χ1v) is 14.0. The number of morpholine rings is 2. The molecule has 39 heavy (non-hydrogen) atoms. The van der Waals surface area contributed by atoms with Crippen molar-refractivity contribution in [1.29, 1.82) is 0 Å². The molecule has 7 heteroatoms. The molecule has 2 fully saturated rings. The Balaban J connectivity index is 1.26. The summed E-state index contributed by atoms with van der Waals surface area (Å²) in [6.07, 6.45) is 0. The topological polar surface area (TPSA) is 46.6 Å². The van der Waals surface area contributed by atoms with Gasteiger partial charge in [0.15, 0.2) is 0 Å². The highest BCUT2D eigenvalue weighted by molar-refractivity contribution is 5.52. The lowest BCUT2D eigenvalue weighted by Crippen LogP contribution is -2.38. The van der Waals surface area contributed by atoms with Crippen LogP contribution in [0.3, 0.4) is 0 Å². The minimum absolute atomic E-state index is 0.627. The lowest BCUT2D eigenvalue weighted by atomic mass is 10.1. The van der Waals surface area contributed by atoms with E-state index < -0.39 is 0 Å². The molecule has 0 bridgehead atoms. The minimum Gasteiger partial charge on any atom is -0.497 e. The number of methoxy groups -OCH3 is 1. The number of hydrogen-bond donors (Lipinski definition) is 0. The average molecular weight is 532 g/mol. The lowest BCUT2D eigenvalue weighted by Gasteiger charge is -2.30. The van der Waals surface area contributed by atoms with Crippen LogP contribution in [0.15, 0.2) is 72.8 Å². The quantitative estimate of drug-likeness (QED) is 0.317. The van der Waals surface area contributed by atoms with Crippen LogP contribution in [0.5, 0.6) is 5.75 Å². The Morgan fingerprint density at radius 1 is 0.744 bits per heavy atom. The second-order valence-electron chi connectivity index (χ2n) is 10.1. The Morgan fingerprint density at radius 2 is 1.41 bits per heavy atom. The van der Waals surface area contributed by atoms with Crippen LogP contribution >= 0.6 is 0 Å². The molecule has 0 radical (unpaired) electrons. The summed E-state index contributed by atoms with van der Waals surface area (Å²) in [7, 11) is 1.72. The SMILES string of the molecule is COc1cccc(CN(Cc2cccc(N3CCOCC3)c2)c2ccc(COCCN3CCOCC3)cc2)c1. The van der Waals surface area contributed by atoms with Crippen LogP contribution in [0.25, 0.3) is 0 Å². The van der Waals surface area contributed by atoms with E-state index in [9.17, 15) is 0 Å². The largest absolute Gasteiger partial charge is 0.497 e. The summed E-state index contributed by atoms with van der Waals surface area (Å²) in [5.74, 6) is 0.881. The fraction of sp³-hybridized carbons (Fsp3) is 0.438. The van der Waals surface area contributed by atoms with Gasteiger partial charge in [0.1, 0.15) is 5.75 Å². The van der Waals surface area contributed by atoms with Gasteiger partial charge in [-0.15, -0.1) is 0 Å². The van der Waals surface area contributed by atoms with E-state index in [1.807, 2.05) is 6.07 Å². The Kier molecular flexibility index (Phi) is 10.1. The van der Waals surface area contributed by atoms with Crippen molar-refractivity contribution in [3.63, 3.8) is 0 Å². The number of rotatable bonds is 12. The van der Waals surface area contributed by atoms with Gasteiger partial charge in [0.25, 0.3) is 0 Å². The highest BCUT2D eigenvalue weighted by Crippen LogP contribution is 2.25. The van der Waals surface area contributed by atoms with Crippen LogP contribution in [-0.4, -0.2) is 77.8 Å². The van der Waals surface area contributed by atoms with E-state index in [0.717, 1.165) is 84.6 Å². The molecule has 3 aromatic carbocycles. The maximum atomic E-state index is 5.99. The van der Waals surface area contributed by atoms with Crippen molar-refractivity contribution >= 4 is 11.4 Å². The zero-order valence-electron chi connectivity index (χ0n) is 23.1. The Labute approximate surface area is 232 Å². The summed E-state index contributed by atoms with van der Waals surface area (Å²) in [5.41, 5.74) is 6.15. The third kappa shape index (κ3) is 8.19. The van der Waals surface area contributed by atoms with Crippen LogP contribution in [0.1, 0.15) is 16.7 Å². The molecule has 2 saturated heterocycles. The molecule has 7 nitrogen and oxygen atoms in total. The van der Waals surface area contributed by atoms with Crippen LogP contribution in [0.4, 0.5) is 11.4 Å². The molecule has 2 aliphatic heterocycles. The van der Waals surface area contributed by atoms with Crippen LogP contribution < -0.4 is 14.5 Å². The molecular formula is C32H41N3O4. The third-order valence-corrected chi connectivity index (χ3v) is 7.39. The first-order chi connectivity index (χ1) is 19.3. The van der Waals surface area contributed by atoms with Crippen molar-refractivity contribution in [2.24, 2.45) is 0 Å². The van der Waals surface area contributed by atoms with Gasteiger partial charge in [0, 0.05) is 57.2 Å². The van der Waals surface area contributed by atoms with E-state index >= 15 is 0 Å². The van der Waals surface area contributed by atoms with Crippen molar-refractivity contribution in [2.45, 2.75) is 19.7 Å². The fourth-order valence-corrected chi connectivity index (χ4v) is 5.13. The minimum atomic E-state index is 0.627. The number of nitrogens with zero attached hydrogens (tertiary/aromatic N) is 3. The summed E-state index contributed by atoms with van der Waals surface area (Å²) in [6, 6.07) is 26.1. The van der Waals surface area contributed by atoms with Gasteiger partial charge in [-0.05, 0) is 53.1 Å². The van der Waals surface area contributed by atoms with Crippen molar-refractivity contribution in [2.75, 3.05) is 82.7 Å². The molecule has 2 heterocycles. The first kappa shape index (κ1) is 27.5. The van der Waals surface area contributed by atoms with Gasteiger partial charge < -0.3 is 28.7 Å². The molecule has 0 aromatic heterocycles. The van der Waals surface area contributed by atoms with E-state index in [2.05, 4.69) is 81.4 Å². The Bertz CT molecular complexity index is 1140. The zero-order valence-corrected chi connectivity index (χ0v) is 23.1. The number of ether oxygens (including phenoxy) is 4. The molecule has 5 rings (SSSR count). The van der Waals surface area contributed by atoms with Crippen molar-refractivity contribution < 1.29 is 18.9 Å². The van der Waals surface area contributed by atoms with Crippen molar-refractivity contribution in [1.82, 2.24) is 4.90 Å². The average Bonchev–Trinajstić information content (AvgIpc) is 3.00. The van der Waals surface area contributed by atoms with Crippen molar-refractivity contribution in [3.8, 4) is 5.75 Å². The molecular weight excluding hydrogens is 490 g/mol. The van der Waals surface area contributed by atoms with E-state index in [1.54, 1.807) is 7.11 Å². The molecule has 208 valence electrons. The number of anilines is 2. The molecule has 0 spiro atoms. The normalized spacial score (nSPS) is 16.3. The summed E-state index contributed by atoms with van der Waals surface area (Å²) in [5, 5.41) is 0. The van der Waals surface area contributed by atoms with E-state index in [-0.39, 0.29) is 0 Å². The van der Waals surface area contributed by atoms with Gasteiger partial charge in [0.2, 0.25) is 0 Å². The van der Waals surface area contributed by atoms with Gasteiger partial charge in [0.05, 0.1) is 46.8 Å². The maximum Gasteiger partial charge on any atom is 0.119 e. The van der Waals surface area contributed by atoms with Crippen LogP contribution in [-0.2, 0) is 33.9 Å². The highest BCUT2D eigenvalue weighted by Gasteiger charge is 2.14. The summed E-state index contributed by atoms with van der Waals surface area (Å²) in [6.45, 7) is 11.0. The van der Waals surface area contributed by atoms with E-state index in [1.165, 1.54) is 28.1 Å². The zero-order chi connectivity index (χ0) is 26.7. The number of benzene rings is 3. The van der Waals surface area contributed by atoms with Crippen LogP contribution in [0, 0.1) is 0 Å². The summed E-state index contributed by atoms with van der Waals surface area (Å²) >= 11 is 0. The van der Waals surface area contributed by atoms with Gasteiger partial charge in [-0.1, -0.05) is 36.4 Å². The monoisotopic (exact) mass is 531 g/mol. The second-order valence-corrected chi connectivity index (χ2v) is 10.1. The molecule has 2 aliphatic rings. The Morgan fingerprint density at radius 3 is 2.13 bits per heavy atom. The molecule has 0 unspecified atom stereocenters.